The summed E-state index contributed by atoms with van der Waals surface area (Å²) in [7, 11) is 0. The second-order valence-electron chi connectivity index (χ2n) is 4.47. The lowest BCUT2D eigenvalue weighted by Gasteiger charge is -2.22. The van der Waals surface area contributed by atoms with E-state index in [1.54, 1.807) is 23.5 Å². The average molecular weight is 301 g/mol. The minimum Gasteiger partial charge on any atom is -0.463 e. The van der Waals surface area contributed by atoms with Crippen LogP contribution in [0, 0.1) is 13.8 Å². The fourth-order valence-corrected chi connectivity index (χ4v) is 3.79. The molecule has 1 unspecified atom stereocenters. The third-order valence-electron chi connectivity index (χ3n) is 3.11. The first-order chi connectivity index (χ1) is 9.13. The van der Waals surface area contributed by atoms with Crippen LogP contribution in [-0.4, -0.2) is 46.3 Å². The average Bonchev–Trinajstić information content (AvgIpc) is 2.90. The zero-order chi connectivity index (χ0) is 13.8. The number of rotatable bonds is 6. The van der Waals surface area contributed by atoms with E-state index in [1.165, 1.54) is 0 Å². The number of amides is 1. The van der Waals surface area contributed by atoms with Crippen LogP contribution in [0.1, 0.15) is 22.5 Å². The predicted octanol–water partition coefficient (Wildman–Crippen LogP) is 2.20. The maximum absolute atomic E-state index is 11.9. The molecule has 19 heavy (non-hydrogen) atoms. The smallest absolute Gasteiger partial charge is 0.233 e. The van der Waals surface area contributed by atoms with Gasteiger partial charge in [-0.1, -0.05) is 0 Å². The van der Waals surface area contributed by atoms with Gasteiger partial charge in [-0.15, -0.1) is 11.8 Å². The second-order valence-corrected chi connectivity index (χ2v) is 6.77. The second kappa shape index (κ2) is 6.72. The highest BCUT2D eigenvalue weighted by Gasteiger charge is 2.34. The van der Waals surface area contributed by atoms with Gasteiger partial charge >= 0.3 is 0 Å². The maximum atomic E-state index is 11.9. The first-order valence-corrected chi connectivity index (χ1v) is 8.50. The van der Waals surface area contributed by atoms with Gasteiger partial charge in [-0.2, -0.15) is 11.8 Å². The van der Waals surface area contributed by atoms with Crippen LogP contribution in [0.4, 0.5) is 0 Å². The van der Waals surface area contributed by atoms with Crippen LogP contribution in [-0.2, 0) is 4.79 Å². The van der Waals surface area contributed by atoms with Crippen molar-refractivity contribution in [2.45, 2.75) is 19.2 Å². The summed E-state index contributed by atoms with van der Waals surface area (Å²) in [5.41, 5.74) is 1.13. The third kappa shape index (κ3) is 3.49. The van der Waals surface area contributed by atoms with E-state index in [1.807, 2.05) is 24.8 Å². The molecule has 1 atom stereocenters. The Morgan fingerprint density at radius 2 is 2.32 bits per heavy atom. The lowest BCUT2D eigenvalue weighted by molar-refractivity contribution is -0.128. The molecule has 4 nitrogen and oxygen atoms in total. The zero-order valence-corrected chi connectivity index (χ0v) is 12.9. The van der Waals surface area contributed by atoms with Gasteiger partial charge in [-0.25, -0.2) is 0 Å². The van der Waals surface area contributed by atoms with Gasteiger partial charge in [0.15, 0.2) is 0 Å². The molecular weight excluding hydrogens is 282 g/mol. The first-order valence-electron chi connectivity index (χ1n) is 6.30. The lowest BCUT2D eigenvalue weighted by atomic mass is 10.3. The quantitative estimate of drug-likeness (QED) is 0.816. The molecule has 1 aromatic rings. The van der Waals surface area contributed by atoms with Crippen LogP contribution in [0.2, 0.25) is 0 Å². The largest absolute Gasteiger partial charge is 0.463 e. The van der Waals surface area contributed by atoms with Crippen LogP contribution in [0.15, 0.2) is 10.5 Å². The van der Waals surface area contributed by atoms with Gasteiger partial charge in [0.2, 0.25) is 5.91 Å². The Labute approximate surface area is 121 Å². The summed E-state index contributed by atoms with van der Waals surface area (Å²) in [6.45, 7) is 4.86. The Bertz CT molecular complexity index is 428. The van der Waals surface area contributed by atoms with Crippen LogP contribution in [0.25, 0.3) is 0 Å². The molecule has 6 heteroatoms. The highest BCUT2D eigenvalue weighted by atomic mass is 32.2. The molecule has 0 saturated carbocycles. The summed E-state index contributed by atoms with van der Waals surface area (Å²) in [5.74, 6) is 4.06. The van der Waals surface area contributed by atoms with Crippen molar-refractivity contribution in [2.75, 3.05) is 30.4 Å². The molecular formula is C13H19NO3S2. The Balaban J connectivity index is 2.00. The summed E-state index contributed by atoms with van der Waals surface area (Å²) in [5, 5.41) is 8.76. The monoisotopic (exact) mass is 301 g/mol. The van der Waals surface area contributed by atoms with Crippen molar-refractivity contribution < 1.29 is 14.3 Å². The molecule has 2 heterocycles. The number of aliphatic hydroxyl groups excluding tert-OH is 1. The Kier molecular flexibility index (Phi) is 5.24. The fraction of sp³-hybridized carbons (Fsp3) is 0.615. The Hall–Kier alpha value is -0.590. The summed E-state index contributed by atoms with van der Waals surface area (Å²) < 4.78 is 5.74. The summed E-state index contributed by atoms with van der Waals surface area (Å²) in [6.07, 6.45) is 0. The Morgan fingerprint density at radius 3 is 2.95 bits per heavy atom. The van der Waals surface area contributed by atoms with Crippen LogP contribution < -0.4 is 0 Å². The number of hydrogen-bond donors (Lipinski definition) is 1. The van der Waals surface area contributed by atoms with E-state index >= 15 is 0 Å². The van der Waals surface area contributed by atoms with Crippen molar-refractivity contribution in [2.24, 2.45) is 0 Å². The molecule has 1 aliphatic rings. The van der Waals surface area contributed by atoms with E-state index in [2.05, 4.69) is 0 Å². The van der Waals surface area contributed by atoms with Crippen molar-refractivity contribution in [3.63, 3.8) is 0 Å². The molecule has 106 valence electrons. The van der Waals surface area contributed by atoms with E-state index in [0.29, 0.717) is 12.3 Å². The van der Waals surface area contributed by atoms with Crippen molar-refractivity contribution in [1.29, 1.82) is 0 Å². The van der Waals surface area contributed by atoms with Crippen LogP contribution >= 0.6 is 23.5 Å². The van der Waals surface area contributed by atoms with E-state index < -0.39 is 0 Å². The Morgan fingerprint density at radius 1 is 1.53 bits per heavy atom. The topological polar surface area (TPSA) is 53.7 Å². The number of carbonyl (C=O) groups excluding carboxylic acids is 1. The fourth-order valence-electron chi connectivity index (χ4n) is 1.98. The van der Waals surface area contributed by atoms with Crippen molar-refractivity contribution in [3.8, 4) is 0 Å². The SMILES string of the molecule is Cc1cc(C2SCC(=O)N2CCSCCO)oc1C. The molecule has 1 aromatic heterocycles. The highest BCUT2D eigenvalue weighted by Crippen LogP contribution is 2.39. The summed E-state index contributed by atoms with van der Waals surface area (Å²) >= 11 is 3.29. The standard InChI is InChI=1S/C13H19NO3S2/c1-9-7-11(17-10(9)2)13-14(12(16)8-19-13)3-5-18-6-4-15/h7,13,15H,3-6,8H2,1-2H3. The summed E-state index contributed by atoms with van der Waals surface area (Å²) in [6, 6.07) is 2.03. The zero-order valence-electron chi connectivity index (χ0n) is 11.2. The number of aryl methyl sites for hydroxylation is 2. The number of nitrogens with zero attached hydrogens (tertiary/aromatic N) is 1. The van der Waals surface area contributed by atoms with Gasteiger partial charge in [0.25, 0.3) is 0 Å². The van der Waals surface area contributed by atoms with Crippen molar-refractivity contribution in [3.05, 3.63) is 23.2 Å². The van der Waals surface area contributed by atoms with Gasteiger partial charge < -0.3 is 14.4 Å². The lowest BCUT2D eigenvalue weighted by Crippen LogP contribution is -2.30. The molecule has 0 aromatic carbocycles. The molecule has 1 aliphatic heterocycles. The molecule has 2 rings (SSSR count). The minimum atomic E-state index is 0.00891. The number of aliphatic hydroxyl groups is 1. The number of thioether (sulfide) groups is 2. The highest BCUT2D eigenvalue weighted by molar-refractivity contribution is 8.00. The first kappa shape index (κ1) is 14.8. The number of furan rings is 1. The predicted molar refractivity (Wildman–Crippen MR) is 79.5 cm³/mol. The van der Waals surface area contributed by atoms with E-state index in [4.69, 9.17) is 9.52 Å². The molecule has 0 aliphatic carbocycles. The third-order valence-corrected chi connectivity index (χ3v) is 5.27. The van der Waals surface area contributed by atoms with Gasteiger partial charge in [-0.05, 0) is 25.5 Å². The molecule has 0 bridgehead atoms. The van der Waals surface area contributed by atoms with Gasteiger partial charge in [0, 0.05) is 18.1 Å². The molecule has 1 N–H and O–H groups in total. The van der Waals surface area contributed by atoms with Crippen molar-refractivity contribution >= 4 is 29.4 Å². The summed E-state index contributed by atoms with van der Waals surface area (Å²) in [4.78, 5) is 13.8. The van der Waals surface area contributed by atoms with Crippen LogP contribution in [0.3, 0.4) is 0 Å². The van der Waals surface area contributed by atoms with Gasteiger partial charge in [-0.3, -0.25) is 4.79 Å². The molecule has 0 radical (unpaired) electrons. The van der Waals surface area contributed by atoms with Crippen molar-refractivity contribution in [1.82, 2.24) is 4.90 Å². The number of carbonyl (C=O) groups is 1. The molecule has 1 saturated heterocycles. The van der Waals surface area contributed by atoms with E-state index in [9.17, 15) is 4.79 Å². The molecule has 1 amide bonds. The molecule has 1 fully saturated rings. The number of hydrogen-bond acceptors (Lipinski definition) is 5. The minimum absolute atomic E-state index is 0.00891. The van der Waals surface area contributed by atoms with Gasteiger partial charge in [0.05, 0.1) is 12.4 Å². The van der Waals surface area contributed by atoms with Gasteiger partial charge in [0.1, 0.15) is 16.9 Å². The van der Waals surface area contributed by atoms with E-state index in [-0.39, 0.29) is 17.9 Å². The molecule has 0 spiro atoms. The van der Waals surface area contributed by atoms with Crippen LogP contribution in [0.5, 0.6) is 0 Å². The normalized spacial score (nSPS) is 19.4. The maximum Gasteiger partial charge on any atom is 0.233 e. The van der Waals surface area contributed by atoms with E-state index in [0.717, 1.165) is 28.6 Å².